The third kappa shape index (κ3) is 33.4. The van der Waals surface area contributed by atoms with Crippen LogP contribution in [0.25, 0.3) is 0 Å². The van der Waals surface area contributed by atoms with Crippen molar-refractivity contribution in [3.63, 3.8) is 0 Å². The van der Waals surface area contributed by atoms with Crippen LogP contribution < -0.4 is 29.6 Å². The van der Waals surface area contributed by atoms with Crippen LogP contribution in [0.2, 0.25) is 0 Å². The molecule has 124 valence electrons. The van der Waals surface area contributed by atoms with Gasteiger partial charge in [0.25, 0.3) is 0 Å². The van der Waals surface area contributed by atoms with Gasteiger partial charge in [-0.2, -0.15) is 25.3 Å². The summed E-state index contributed by atoms with van der Waals surface area (Å²) >= 11 is 0. The topological polar surface area (TPSA) is 257 Å². The molecule has 0 fully saturated rings. The van der Waals surface area contributed by atoms with Crippen molar-refractivity contribution < 1.29 is 98.8 Å². The van der Waals surface area contributed by atoms with Crippen LogP contribution in [0.4, 0.5) is 0 Å². The van der Waals surface area contributed by atoms with Gasteiger partial charge in [-0.1, -0.05) is 17.3 Å². The first kappa shape index (κ1) is 26.4. The summed E-state index contributed by atoms with van der Waals surface area (Å²) in [5, 5.41) is 0. The largest absolute Gasteiger partial charge is 1.00 e. The third-order valence-corrected chi connectivity index (χ3v) is 1.52. The normalized spacial score (nSPS) is 12.8. The summed E-state index contributed by atoms with van der Waals surface area (Å²) in [7, 11) is -20.4. The number of hydrogen-bond acceptors (Lipinski definition) is 13. The smallest absolute Gasteiger partial charge is 0.724 e. The zero-order valence-corrected chi connectivity index (χ0v) is 14.5. The molecule has 0 aliphatic carbocycles. The molecular weight excluding hydrogens is 407 g/mol. The third-order valence-electron chi connectivity index (χ3n) is 0.397. The minimum Gasteiger partial charge on any atom is -0.724 e. The first-order valence-electron chi connectivity index (χ1n) is 3.05. The molecule has 3 N–H and O–H groups in total. The van der Waals surface area contributed by atoms with Crippen molar-refractivity contribution >= 4 is 41.6 Å². The second-order valence-electron chi connectivity index (χ2n) is 1.96. The van der Waals surface area contributed by atoms with Gasteiger partial charge in [-0.3, -0.25) is 13.7 Å². The molecule has 0 bridgehead atoms. The zero-order valence-electron chi connectivity index (χ0n) is 9.28. The number of hydrogen-bond donors (Lipinski definition) is 3. The fourth-order valence-electron chi connectivity index (χ4n) is 0.139. The van der Waals surface area contributed by atoms with Crippen LogP contribution in [-0.4, -0.2) is 51.9 Å². The van der Waals surface area contributed by atoms with Crippen molar-refractivity contribution in [3.05, 3.63) is 0 Å². The van der Waals surface area contributed by atoms with E-state index in [1.54, 1.807) is 0 Å². The minimum atomic E-state index is -5.27. The Labute approximate surface area is 139 Å². The maximum absolute atomic E-state index is 9.51. The molecule has 0 aromatic heterocycles. The van der Waals surface area contributed by atoms with Crippen LogP contribution in [0.5, 0.6) is 0 Å². The molecule has 0 saturated carbocycles. The van der Waals surface area contributed by atoms with E-state index in [2.05, 4.69) is 17.3 Å². The first-order chi connectivity index (χ1) is 8.41. The predicted octanol–water partition coefficient (Wildman–Crippen LogP) is -6.26. The van der Waals surface area contributed by atoms with E-state index < -0.39 is 41.6 Å². The van der Waals surface area contributed by atoms with Gasteiger partial charge in [-0.25, -0.2) is 8.42 Å². The van der Waals surface area contributed by atoms with E-state index in [-0.39, 0.29) is 29.6 Å². The first-order valence-corrected chi connectivity index (χ1v) is 8.48. The molecule has 0 aromatic rings. The van der Waals surface area contributed by atoms with E-state index in [9.17, 15) is 38.2 Å². The summed E-state index contributed by atoms with van der Waals surface area (Å²) in [4.78, 5) is 0. The van der Waals surface area contributed by atoms with E-state index in [4.69, 9.17) is 13.7 Å². The van der Waals surface area contributed by atoms with E-state index >= 15 is 0 Å². The van der Waals surface area contributed by atoms with Crippen LogP contribution in [-0.2, 0) is 58.9 Å². The van der Waals surface area contributed by atoms with Crippen LogP contribution in [0.1, 0.15) is 0 Å². The van der Waals surface area contributed by atoms with Crippen LogP contribution in [0, 0.1) is 0 Å². The maximum Gasteiger partial charge on any atom is 1.00 e. The molecule has 0 spiro atoms. The summed E-state index contributed by atoms with van der Waals surface area (Å²) < 4.78 is 119. The minimum absolute atomic E-state index is 0. The Balaban J connectivity index is -0.000000295. The second-order valence-corrected chi connectivity index (χ2v) is 5.89. The summed E-state index contributed by atoms with van der Waals surface area (Å²) in [6.45, 7) is 0. The van der Waals surface area contributed by atoms with Crippen molar-refractivity contribution in [3.8, 4) is 0 Å². The molecule has 0 aromatic carbocycles. The SMILES string of the molecule is O=S(=O)(O)OOS(=O)(=O)O.O=S(=O)([O-])OOS(=O)(=O)O.[Na+]. The van der Waals surface area contributed by atoms with E-state index in [1.165, 1.54) is 0 Å². The summed E-state index contributed by atoms with van der Waals surface area (Å²) in [5.74, 6) is 0. The van der Waals surface area contributed by atoms with Gasteiger partial charge in [-0.15, -0.1) is 0 Å². The predicted molar refractivity (Wildman–Crippen MR) is 48.7 cm³/mol. The van der Waals surface area contributed by atoms with E-state index in [1.807, 2.05) is 0 Å². The summed E-state index contributed by atoms with van der Waals surface area (Å²) in [6.07, 6.45) is 0. The number of rotatable bonds is 6. The average Bonchev–Trinajstić information content (AvgIpc) is 2.09. The molecule has 16 nitrogen and oxygen atoms in total. The Bertz CT molecular complexity index is 556. The van der Waals surface area contributed by atoms with Gasteiger partial charge in [-0.05, 0) is 0 Å². The monoisotopic (exact) mass is 410 g/mol. The van der Waals surface area contributed by atoms with Crippen LogP contribution in [0.3, 0.4) is 0 Å². The molecule has 21 heavy (non-hydrogen) atoms. The zero-order chi connectivity index (χ0) is 16.8. The Morgan fingerprint density at radius 1 is 0.571 bits per heavy atom. The van der Waals surface area contributed by atoms with Crippen molar-refractivity contribution in [2.24, 2.45) is 0 Å². The van der Waals surface area contributed by atoms with Crippen molar-refractivity contribution in [2.45, 2.75) is 0 Å². The van der Waals surface area contributed by atoms with Gasteiger partial charge in [0.05, 0.1) is 0 Å². The average molecular weight is 410 g/mol. The molecule has 0 unspecified atom stereocenters. The van der Waals surface area contributed by atoms with Gasteiger partial charge >= 0.3 is 60.8 Å². The van der Waals surface area contributed by atoms with Crippen molar-refractivity contribution in [2.75, 3.05) is 0 Å². The Morgan fingerprint density at radius 3 is 0.857 bits per heavy atom. The molecule has 0 saturated heterocycles. The quantitative estimate of drug-likeness (QED) is 0.121. The molecule has 0 atom stereocenters. The van der Waals surface area contributed by atoms with Gasteiger partial charge in [0.1, 0.15) is 0 Å². The molecule has 0 aliphatic rings. The molecule has 21 heteroatoms. The molecule has 0 aliphatic heterocycles. The fourth-order valence-corrected chi connectivity index (χ4v) is 1.25. The van der Waals surface area contributed by atoms with Gasteiger partial charge in [0.2, 0.25) is 10.4 Å². The molecule has 0 heterocycles. The molecule has 0 amide bonds. The maximum atomic E-state index is 9.51. The van der Waals surface area contributed by atoms with Crippen LogP contribution in [0.15, 0.2) is 0 Å². The van der Waals surface area contributed by atoms with Gasteiger partial charge < -0.3 is 4.55 Å². The fraction of sp³-hybridized carbons (Fsp3) is 0. The van der Waals surface area contributed by atoms with Gasteiger partial charge in [0, 0.05) is 0 Å². The van der Waals surface area contributed by atoms with E-state index in [0.717, 1.165) is 0 Å². The Kier molecular flexibility index (Phi) is 12.0. The summed E-state index contributed by atoms with van der Waals surface area (Å²) in [5.41, 5.74) is 0. The second kappa shape index (κ2) is 9.58. The van der Waals surface area contributed by atoms with Gasteiger partial charge in [0.15, 0.2) is 0 Å². The van der Waals surface area contributed by atoms with Crippen molar-refractivity contribution in [1.82, 2.24) is 0 Å². The summed E-state index contributed by atoms with van der Waals surface area (Å²) in [6, 6.07) is 0. The van der Waals surface area contributed by atoms with Crippen molar-refractivity contribution in [1.29, 1.82) is 0 Å². The van der Waals surface area contributed by atoms with E-state index in [0.29, 0.717) is 0 Å². The molecule has 0 radical (unpaired) electrons. The Morgan fingerprint density at radius 2 is 0.762 bits per heavy atom. The molecule has 0 rings (SSSR count). The van der Waals surface area contributed by atoms with Crippen LogP contribution >= 0.6 is 0 Å². The molecular formula is H3NaO16S4. The Hall–Kier alpha value is 0.480. The standard InChI is InChI=1S/Na.2H2O8S2/c;2*1-9(2,3)7-8-10(4,5)6/h;2*(H,1,2,3)(H,4,5,6)/q+1;;/p-1.